The minimum absolute atomic E-state index is 0.149. The van der Waals surface area contributed by atoms with Crippen molar-refractivity contribution >= 4 is 42.2 Å². The number of amides is 2. The topological polar surface area (TPSA) is 137 Å². The van der Waals surface area contributed by atoms with Gasteiger partial charge in [-0.15, -0.1) is 0 Å². The number of nitrogens with one attached hydrogen (secondary N) is 1. The van der Waals surface area contributed by atoms with Gasteiger partial charge in [0.1, 0.15) is 6.04 Å². The molecule has 48 heavy (non-hydrogen) atoms. The number of ether oxygens (including phenoxy) is 2. The van der Waals surface area contributed by atoms with E-state index >= 15 is 8.78 Å². The van der Waals surface area contributed by atoms with E-state index in [4.69, 9.17) is 9.47 Å². The van der Waals surface area contributed by atoms with E-state index in [1.807, 2.05) is 12.1 Å². The maximum absolute atomic E-state index is 15.3. The van der Waals surface area contributed by atoms with E-state index in [0.29, 0.717) is 32.8 Å². The molecule has 5 heterocycles. The van der Waals surface area contributed by atoms with Gasteiger partial charge in [-0.2, -0.15) is 0 Å². The number of benzene rings is 2. The molecule has 2 amide bonds. The Morgan fingerprint density at radius 2 is 1.92 bits per heavy atom. The Kier molecular flexibility index (Phi) is 9.52. The van der Waals surface area contributed by atoms with Crippen LogP contribution in [0, 0.1) is 17.1 Å². The van der Waals surface area contributed by atoms with E-state index in [9.17, 15) is 14.9 Å². The molecule has 0 aliphatic carbocycles. The second-order valence-corrected chi connectivity index (χ2v) is 15.0. The van der Waals surface area contributed by atoms with E-state index in [1.165, 1.54) is 11.2 Å². The fraction of sp³-hybridized carbons (Fsp3) is 0.455. The Bertz CT molecular complexity index is 1730. The predicted octanol–water partition coefficient (Wildman–Crippen LogP) is 0.0539. The molecule has 250 valence electrons. The first kappa shape index (κ1) is 32.4. The summed E-state index contributed by atoms with van der Waals surface area (Å²) in [4.78, 5) is 43.4. The minimum atomic E-state index is -1.46. The van der Waals surface area contributed by atoms with Crippen molar-refractivity contribution in [1.82, 2.24) is 30.1 Å². The molecule has 4 saturated heterocycles. The van der Waals surface area contributed by atoms with Crippen molar-refractivity contribution in [1.29, 1.82) is 5.26 Å². The third-order valence-electron chi connectivity index (χ3n) is 9.31. The van der Waals surface area contributed by atoms with Crippen molar-refractivity contribution in [2.75, 3.05) is 57.4 Å². The van der Waals surface area contributed by atoms with Crippen LogP contribution in [0.15, 0.2) is 42.7 Å². The number of nitriles is 1. The molecule has 0 spiro atoms. The Morgan fingerprint density at radius 1 is 1.08 bits per heavy atom. The molecule has 15 heteroatoms. The first-order valence-corrected chi connectivity index (χ1v) is 18.2. The normalized spacial score (nSPS) is 23.6. The number of alkyl halides is 1. The number of carbonyl (C=O) groups excluding carboxylic acids is 2. The van der Waals surface area contributed by atoms with Crippen LogP contribution in [-0.2, 0) is 14.3 Å². The molecule has 0 bridgehead atoms. The number of piperidine rings is 1. The summed E-state index contributed by atoms with van der Waals surface area (Å²) in [6.07, 6.45) is 0.0218. The van der Waals surface area contributed by atoms with E-state index in [2.05, 4.69) is 36.1 Å². The van der Waals surface area contributed by atoms with Crippen LogP contribution in [0.2, 0.25) is 0 Å². The molecule has 1 unspecified atom stereocenters. The first-order chi connectivity index (χ1) is 23.3. The summed E-state index contributed by atoms with van der Waals surface area (Å²) in [5.41, 5.74) is 1.61. The zero-order valence-electron chi connectivity index (χ0n) is 26.1. The Balaban J connectivity index is 0.974. The van der Waals surface area contributed by atoms with Gasteiger partial charge < -0.3 is 5.32 Å². The van der Waals surface area contributed by atoms with Crippen molar-refractivity contribution in [3.63, 3.8) is 0 Å². The van der Waals surface area contributed by atoms with E-state index in [-0.39, 0.29) is 54.9 Å². The number of hydrogen-bond donors (Lipinski definition) is 1. The fourth-order valence-corrected chi connectivity index (χ4v) is 8.31. The van der Waals surface area contributed by atoms with Crippen LogP contribution < -0.4 is 23.9 Å². The van der Waals surface area contributed by atoms with Crippen molar-refractivity contribution in [3.8, 4) is 23.2 Å². The van der Waals surface area contributed by atoms with Gasteiger partial charge >= 0.3 is 238 Å². The summed E-state index contributed by atoms with van der Waals surface area (Å²) >= 11 is -1.22. The van der Waals surface area contributed by atoms with Crippen LogP contribution in [0.1, 0.15) is 24.8 Å². The molecule has 0 radical (unpaired) electrons. The molecule has 1 aromatic heterocycles. The monoisotopic (exact) mass is 720 g/mol. The van der Waals surface area contributed by atoms with E-state index in [0.717, 1.165) is 45.1 Å². The molecule has 3 aromatic rings. The quantitative estimate of drug-likeness (QED) is 0.318. The number of carbonyl (C=O) groups is 2. The van der Waals surface area contributed by atoms with Gasteiger partial charge in [0, 0.05) is 6.42 Å². The number of hydrogen-bond acceptors (Lipinski definition) is 10. The van der Waals surface area contributed by atoms with Gasteiger partial charge in [-0.3, -0.25) is 9.59 Å². The molecule has 4 aliphatic heterocycles. The standard InChI is InChI=1S/C33H35AsF2N8O4/c35-25-14-22(42-9-11-43(12-10-42)23-17-47-18-23)2-3-24(25)34-33-39-19-38-31(41-33)20-1-5-28(21(13-20)15-37)48-29-7-8-44(16-26(29)36)32(46)27-4-6-30(45)40-27/h1-3,5,13-14,19,23,26-27,29,34H,4,6-12,16-18H2,(H,40,45)/t26-,27+,29+/m1/s1. The van der Waals surface area contributed by atoms with E-state index < -0.39 is 34.1 Å². The average Bonchev–Trinajstić information content (AvgIpc) is 3.52. The van der Waals surface area contributed by atoms with Crippen molar-refractivity contribution in [2.45, 2.75) is 43.6 Å². The molecular formula is C33H35AsF2N8O4. The van der Waals surface area contributed by atoms with Crippen LogP contribution in [0.25, 0.3) is 11.4 Å². The number of nitrogens with zero attached hydrogens (tertiary/aromatic N) is 7. The molecule has 4 fully saturated rings. The van der Waals surface area contributed by atoms with Crippen LogP contribution in [-0.4, -0.2) is 129 Å². The number of likely N-dealkylation sites (tertiary alicyclic amines) is 1. The van der Waals surface area contributed by atoms with Gasteiger partial charge in [-0.05, 0) is 6.42 Å². The summed E-state index contributed by atoms with van der Waals surface area (Å²) in [6.45, 7) is 5.27. The zero-order valence-corrected chi connectivity index (χ0v) is 28.2. The Labute approximate surface area is 283 Å². The van der Waals surface area contributed by atoms with Crippen LogP contribution >= 0.6 is 0 Å². The third-order valence-corrected chi connectivity index (χ3v) is 11.7. The summed E-state index contributed by atoms with van der Waals surface area (Å²) in [7, 11) is 0. The average molecular weight is 721 g/mol. The van der Waals surface area contributed by atoms with Gasteiger partial charge in [0.25, 0.3) is 0 Å². The number of piperazine rings is 1. The van der Waals surface area contributed by atoms with Gasteiger partial charge in [0.05, 0.1) is 0 Å². The van der Waals surface area contributed by atoms with Crippen molar-refractivity contribution in [3.05, 3.63) is 54.1 Å². The van der Waals surface area contributed by atoms with Crippen LogP contribution in [0.5, 0.6) is 5.75 Å². The van der Waals surface area contributed by atoms with Gasteiger partial charge in [-0.25, -0.2) is 0 Å². The van der Waals surface area contributed by atoms with Gasteiger partial charge in [0.2, 0.25) is 11.8 Å². The number of rotatable bonds is 8. The molecule has 0 saturated carbocycles. The Morgan fingerprint density at radius 3 is 2.60 bits per heavy atom. The number of halogens is 2. The van der Waals surface area contributed by atoms with Crippen molar-refractivity contribution in [2.24, 2.45) is 0 Å². The third kappa shape index (κ3) is 6.99. The van der Waals surface area contributed by atoms with Gasteiger partial charge in [0.15, 0.2) is 0 Å². The Hall–Kier alpha value is -4.18. The summed E-state index contributed by atoms with van der Waals surface area (Å²) in [5, 5.41) is 12.5. The number of anilines is 1. The molecular weight excluding hydrogens is 685 g/mol. The molecule has 1 N–H and O–H groups in total. The van der Waals surface area contributed by atoms with Crippen molar-refractivity contribution < 1.29 is 27.8 Å². The van der Waals surface area contributed by atoms with E-state index in [1.54, 1.807) is 24.3 Å². The SMILES string of the molecule is N#Cc1cc(-c2ncnc([AsH]c3ccc(N4CCN(C5COC5)CC4)cc3F)n2)ccc1O[C@H]1CCN(C(=O)[C@@H]2CCC(=O)N2)C[C@H]1F. The first-order valence-electron chi connectivity index (χ1n) is 16.1. The fourth-order valence-electron chi connectivity index (χ4n) is 6.46. The van der Waals surface area contributed by atoms with Gasteiger partial charge in [-0.1, -0.05) is 0 Å². The molecule has 4 aliphatic rings. The molecule has 7 rings (SSSR count). The number of aromatic nitrogens is 3. The zero-order chi connectivity index (χ0) is 33.2. The molecule has 12 nitrogen and oxygen atoms in total. The maximum atomic E-state index is 15.3. The van der Waals surface area contributed by atoms with Crippen LogP contribution in [0.4, 0.5) is 14.5 Å². The van der Waals surface area contributed by atoms with Crippen LogP contribution in [0.3, 0.4) is 0 Å². The summed E-state index contributed by atoms with van der Waals surface area (Å²) in [6, 6.07) is 12.2. The summed E-state index contributed by atoms with van der Waals surface area (Å²) < 4.78 is 42.8. The second kappa shape index (κ2) is 14.1. The summed E-state index contributed by atoms with van der Waals surface area (Å²) in [5.74, 6) is -0.171. The molecule has 4 atom stereocenters. The molecule has 2 aromatic carbocycles. The second-order valence-electron chi connectivity index (χ2n) is 12.4. The predicted molar refractivity (Wildman–Crippen MR) is 173 cm³/mol.